The topological polar surface area (TPSA) is 21.1 Å². The van der Waals surface area contributed by atoms with Crippen LogP contribution >= 0.6 is 11.6 Å². The monoisotopic (exact) mass is 327 g/mol. The molecule has 0 unspecified atom stereocenters. The lowest BCUT2D eigenvalue weighted by Gasteiger charge is -2.12. The van der Waals surface area contributed by atoms with Crippen molar-refractivity contribution in [3.05, 3.63) is 64.9 Å². The number of hydrogen-bond donors (Lipinski definition) is 0. The van der Waals surface area contributed by atoms with E-state index in [0.717, 1.165) is 42.3 Å². The average Bonchev–Trinajstić information content (AvgIpc) is 2.84. The lowest BCUT2D eigenvalue weighted by atomic mass is 10.1. The van der Waals surface area contributed by atoms with Crippen LogP contribution in [-0.2, 0) is 13.0 Å². The highest BCUT2D eigenvalue weighted by Gasteiger charge is 2.11. The molecule has 0 atom stereocenters. The fraction of sp³-hybridized carbons (Fsp3) is 0.316. The maximum Gasteiger partial charge on any atom is 0.114 e. The first-order valence-electron chi connectivity index (χ1n) is 7.97. The second kappa shape index (κ2) is 7.16. The quantitative estimate of drug-likeness (QED) is 0.675. The van der Waals surface area contributed by atoms with Crippen molar-refractivity contribution in [1.82, 2.24) is 14.5 Å². The number of aromatic nitrogens is 2. The van der Waals surface area contributed by atoms with Gasteiger partial charge in [-0.25, -0.2) is 4.98 Å². The third kappa shape index (κ3) is 3.92. The van der Waals surface area contributed by atoms with Gasteiger partial charge in [0.1, 0.15) is 5.82 Å². The Labute approximate surface area is 142 Å². The largest absolute Gasteiger partial charge is 0.328 e. The fourth-order valence-corrected chi connectivity index (χ4v) is 3.03. The molecular formula is C19H22ClN3. The van der Waals surface area contributed by atoms with Crippen LogP contribution in [0, 0.1) is 0 Å². The number of rotatable bonds is 6. The zero-order valence-corrected chi connectivity index (χ0v) is 14.4. The van der Waals surface area contributed by atoms with E-state index < -0.39 is 0 Å². The molecule has 0 aliphatic heterocycles. The van der Waals surface area contributed by atoms with E-state index >= 15 is 0 Å². The number of fused-ring (bicyclic) bond motifs is 1. The molecular weight excluding hydrogens is 306 g/mol. The summed E-state index contributed by atoms with van der Waals surface area (Å²) in [6.45, 7) is 2.04. The molecule has 3 aromatic rings. The lowest BCUT2D eigenvalue weighted by molar-refractivity contribution is 0.386. The molecule has 0 N–H and O–H groups in total. The number of imidazole rings is 1. The van der Waals surface area contributed by atoms with Crippen molar-refractivity contribution >= 4 is 22.6 Å². The van der Waals surface area contributed by atoms with Crippen LogP contribution in [0.5, 0.6) is 0 Å². The molecule has 0 fully saturated rings. The Morgan fingerprint density at radius 3 is 2.61 bits per heavy atom. The van der Waals surface area contributed by atoms with Gasteiger partial charge in [0.05, 0.1) is 11.0 Å². The third-order valence-corrected chi connectivity index (χ3v) is 4.22. The van der Waals surface area contributed by atoms with Gasteiger partial charge in [0.25, 0.3) is 0 Å². The Hall–Kier alpha value is -1.84. The maximum atomic E-state index is 6.13. The second-order valence-corrected chi connectivity index (χ2v) is 6.57. The summed E-state index contributed by atoms with van der Waals surface area (Å²) in [5.74, 6) is 1.10. The van der Waals surface area contributed by atoms with Gasteiger partial charge >= 0.3 is 0 Å². The van der Waals surface area contributed by atoms with E-state index in [1.807, 2.05) is 18.2 Å². The van der Waals surface area contributed by atoms with Crippen molar-refractivity contribution < 1.29 is 0 Å². The minimum Gasteiger partial charge on any atom is -0.328 e. The molecule has 3 rings (SSSR count). The van der Waals surface area contributed by atoms with Gasteiger partial charge in [0.15, 0.2) is 0 Å². The average molecular weight is 328 g/mol. The van der Waals surface area contributed by atoms with Gasteiger partial charge < -0.3 is 9.47 Å². The zero-order valence-electron chi connectivity index (χ0n) is 13.7. The van der Waals surface area contributed by atoms with E-state index in [9.17, 15) is 0 Å². The van der Waals surface area contributed by atoms with Crippen molar-refractivity contribution in [2.24, 2.45) is 0 Å². The number of benzene rings is 2. The van der Waals surface area contributed by atoms with Crippen LogP contribution in [0.1, 0.15) is 17.8 Å². The van der Waals surface area contributed by atoms with Crippen LogP contribution in [0.25, 0.3) is 11.0 Å². The summed E-state index contributed by atoms with van der Waals surface area (Å²) in [5, 5.41) is 0.738. The fourth-order valence-electron chi connectivity index (χ4n) is 2.86. The Kier molecular flexibility index (Phi) is 4.99. The highest BCUT2D eigenvalue weighted by atomic mass is 35.5. The standard InChI is InChI=1S/C19H22ClN3/c1-22(2)11-6-12-23-18-10-9-16(20)14-17(18)21-19(23)13-15-7-4-3-5-8-15/h3-5,7-10,14H,6,11-13H2,1-2H3. The van der Waals surface area contributed by atoms with Gasteiger partial charge in [-0.2, -0.15) is 0 Å². The summed E-state index contributed by atoms with van der Waals surface area (Å²) in [4.78, 5) is 7.05. The minimum atomic E-state index is 0.738. The van der Waals surface area contributed by atoms with E-state index in [2.05, 4.69) is 53.9 Å². The summed E-state index contributed by atoms with van der Waals surface area (Å²) >= 11 is 6.13. The first-order valence-corrected chi connectivity index (χ1v) is 8.34. The summed E-state index contributed by atoms with van der Waals surface area (Å²) in [7, 11) is 4.22. The Morgan fingerprint density at radius 1 is 1.09 bits per heavy atom. The van der Waals surface area contributed by atoms with Crippen molar-refractivity contribution in [3.63, 3.8) is 0 Å². The van der Waals surface area contributed by atoms with Gasteiger partial charge in [-0.1, -0.05) is 41.9 Å². The first kappa shape index (κ1) is 16.0. The Balaban J connectivity index is 1.94. The van der Waals surface area contributed by atoms with E-state index in [-0.39, 0.29) is 0 Å². The molecule has 120 valence electrons. The van der Waals surface area contributed by atoms with Crippen LogP contribution in [0.15, 0.2) is 48.5 Å². The number of nitrogens with zero attached hydrogens (tertiary/aromatic N) is 3. The molecule has 1 aromatic heterocycles. The van der Waals surface area contributed by atoms with Gasteiger partial charge in [0.2, 0.25) is 0 Å². The van der Waals surface area contributed by atoms with Crippen molar-refractivity contribution in [2.75, 3.05) is 20.6 Å². The summed E-state index contributed by atoms with van der Waals surface area (Å²) in [6.07, 6.45) is 1.94. The molecule has 2 aromatic carbocycles. The van der Waals surface area contributed by atoms with Gasteiger partial charge in [-0.15, -0.1) is 0 Å². The Morgan fingerprint density at radius 2 is 1.87 bits per heavy atom. The van der Waals surface area contributed by atoms with E-state index in [1.54, 1.807) is 0 Å². The van der Waals surface area contributed by atoms with Crippen molar-refractivity contribution in [2.45, 2.75) is 19.4 Å². The van der Waals surface area contributed by atoms with Crippen molar-refractivity contribution in [1.29, 1.82) is 0 Å². The second-order valence-electron chi connectivity index (χ2n) is 6.13. The molecule has 4 heteroatoms. The number of hydrogen-bond acceptors (Lipinski definition) is 2. The molecule has 0 bridgehead atoms. The maximum absolute atomic E-state index is 6.13. The van der Waals surface area contributed by atoms with Crippen LogP contribution in [0.3, 0.4) is 0 Å². The van der Waals surface area contributed by atoms with Crippen molar-refractivity contribution in [3.8, 4) is 0 Å². The molecule has 0 aliphatic carbocycles. The minimum absolute atomic E-state index is 0.738. The van der Waals surface area contributed by atoms with Crippen LogP contribution in [0.2, 0.25) is 5.02 Å². The highest BCUT2D eigenvalue weighted by molar-refractivity contribution is 6.31. The third-order valence-electron chi connectivity index (χ3n) is 3.98. The molecule has 0 amide bonds. The smallest absolute Gasteiger partial charge is 0.114 e. The van der Waals surface area contributed by atoms with Crippen LogP contribution < -0.4 is 0 Å². The summed E-state index contributed by atoms with van der Waals surface area (Å²) in [6, 6.07) is 16.5. The molecule has 0 saturated heterocycles. The van der Waals surface area contributed by atoms with E-state index in [0.29, 0.717) is 0 Å². The number of aryl methyl sites for hydroxylation is 1. The van der Waals surface area contributed by atoms with Crippen LogP contribution in [-0.4, -0.2) is 35.1 Å². The Bertz CT molecular complexity index is 778. The molecule has 3 nitrogen and oxygen atoms in total. The molecule has 0 spiro atoms. The molecule has 0 aliphatic rings. The van der Waals surface area contributed by atoms with Gasteiger partial charge in [-0.3, -0.25) is 0 Å². The molecule has 23 heavy (non-hydrogen) atoms. The summed E-state index contributed by atoms with van der Waals surface area (Å²) < 4.78 is 2.34. The molecule has 0 radical (unpaired) electrons. The lowest BCUT2D eigenvalue weighted by Crippen LogP contribution is -2.16. The predicted octanol–water partition coefficient (Wildman–Crippen LogP) is 4.23. The highest BCUT2D eigenvalue weighted by Crippen LogP contribution is 2.22. The predicted molar refractivity (Wildman–Crippen MR) is 97.2 cm³/mol. The normalized spacial score (nSPS) is 11.5. The molecule has 0 saturated carbocycles. The number of halogens is 1. The van der Waals surface area contributed by atoms with E-state index in [4.69, 9.17) is 16.6 Å². The first-order chi connectivity index (χ1) is 11.1. The van der Waals surface area contributed by atoms with Gasteiger partial charge in [-0.05, 0) is 50.8 Å². The zero-order chi connectivity index (χ0) is 16.2. The SMILES string of the molecule is CN(C)CCCn1c(Cc2ccccc2)nc2cc(Cl)ccc21. The van der Waals surface area contributed by atoms with Gasteiger partial charge in [0, 0.05) is 18.0 Å². The van der Waals surface area contributed by atoms with Crippen LogP contribution in [0.4, 0.5) is 0 Å². The van der Waals surface area contributed by atoms with E-state index in [1.165, 1.54) is 11.1 Å². The molecule has 1 heterocycles. The summed E-state index contributed by atoms with van der Waals surface area (Å²) in [5.41, 5.74) is 3.43.